The molecule has 0 spiro atoms. The average molecular weight is 404 g/mol. The quantitative estimate of drug-likeness (QED) is 0.751. The number of benzene rings is 1. The van der Waals surface area contributed by atoms with Crippen LogP contribution in [0.15, 0.2) is 29.7 Å². The Morgan fingerprint density at radius 3 is 2.54 bits per heavy atom. The molecule has 28 heavy (non-hydrogen) atoms. The molecule has 0 N–H and O–H groups in total. The predicted molar refractivity (Wildman–Crippen MR) is 104 cm³/mol. The first kappa shape index (κ1) is 19.2. The molecule has 150 valence electrons. The molecule has 0 amide bonds. The Bertz CT molecular complexity index is 863. The molecule has 8 nitrogen and oxygen atoms in total. The van der Waals surface area contributed by atoms with Crippen molar-refractivity contribution >= 4 is 17.7 Å². The number of thioether (sulfide) groups is 1. The second kappa shape index (κ2) is 7.73. The van der Waals surface area contributed by atoms with Crippen LogP contribution in [0, 0.1) is 0 Å². The monoisotopic (exact) mass is 404 g/mol. The number of hydrogen-bond donors (Lipinski definition) is 0. The number of methoxy groups -OCH3 is 2. The van der Waals surface area contributed by atoms with Crippen molar-refractivity contribution in [3.05, 3.63) is 30.1 Å². The van der Waals surface area contributed by atoms with Crippen molar-refractivity contribution in [2.45, 2.75) is 42.5 Å². The van der Waals surface area contributed by atoms with Gasteiger partial charge in [-0.15, -0.1) is 0 Å². The number of fused-ring (bicyclic) bond motifs is 1. The molecule has 1 fully saturated rings. The highest BCUT2D eigenvalue weighted by Crippen LogP contribution is 2.43. The van der Waals surface area contributed by atoms with Crippen LogP contribution >= 0.6 is 11.8 Å². The number of carbonyl (C=O) groups is 1. The molecule has 0 radical (unpaired) electrons. The Kier molecular flexibility index (Phi) is 5.31. The van der Waals surface area contributed by atoms with Crippen LogP contribution in [0.1, 0.15) is 30.2 Å². The van der Waals surface area contributed by atoms with E-state index in [0.29, 0.717) is 16.7 Å². The molecule has 2 aliphatic rings. The zero-order chi connectivity index (χ0) is 19.8. The van der Waals surface area contributed by atoms with E-state index in [0.717, 1.165) is 18.7 Å². The molecule has 4 atom stereocenters. The van der Waals surface area contributed by atoms with Crippen LogP contribution in [0.25, 0.3) is 0 Å². The molecule has 1 aromatic heterocycles. The second-order valence-corrected chi connectivity index (χ2v) is 8.21. The van der Waals surface area contributed by atoms with Gasteiger partial charge in [0.25, 0.3) is 5.91 Å². The van der Waals surface area contributed by atoms with E-state index >= 15 is 0 Å². The fraction of sp³-hybridized carbons (Fsp3) is 0.526. The van der Waals surface area contributed by atoms with Gasteiger partial charge in [0.2, 0.25) is 0 Å². The van der Waals surface area contributed by atoms with Crippen LogP contribution in [-0.4, -0.2) is 70.3 Å². The average Bonchev–Trinajstić information content (AvgIpc) is 3.25. The summed E-state index contributed by atoms with van der Waals surface area (Å²) < 4.78 is 18.2. The maximum atomic E-state index is 13.1. The number of rotatable bonds is 5. The summed E-state index contributed by atoms with van der Waals surface area (Å²) in [4.78, 5) is 19.6. The van der Waals surface area contributed by atoms with Crippen LogP contribution < -0.4 is 9.47 Å². The Morgan fingerprint density at radius 2 is 1.89 bits per heavy atom. The van der Waals surface area contributed by atoms with E-state index < -0.39 is 0 Å². The van der Waals surface area contributed by atoms with Crippen LogP contribution in [-0.2, 0) is 4.74 Å². The van der Waals surface area contributed by atoms with Gasteiger partial charge in [0.05, 0.1) is 32.5 Å². The Labute approximate surface area is 168 Å². The summed E-state index contributed by atoms with van der Waals surface area (Å²) in [6, 6.07) is 5.68. The normalized spacial score (nSPS) is 26.1. The van der Waals surface area contributed by atoms with E-state index in [9.17, 15) is 4.79 Å². The third-order valence-electron chi connectivity index (χ3n) is 5.08. The standard InChI is InChI=1S/C19H24N4O4S/c1-11-8-22(9-12(2)27-11)16(13-5-6-14(25-3)15(7-13)26-4)17-18(24)23-19(28-17)20-10-21-23/h5-7,10-12,16-17H,8-9H2,1-4H3. The van der Waals surface area contributed by atoms with E-state index in [4.69, 9.17) is 14.2 Å². The van der Waals surface area contributed by atoms with Gasteiger partial charge in [0.1, 0.15) is 11.6 Å². The molecule has 0 saturated carbocycles. The van der Waals surface area contributed by atoms with Crippen molar-refractivity contribution in [3.63, 3.8) is 0 Å². The lowest BCUT2D eigenvalue weighted by Gasteiger charge is -2.41. The Balaban J connectivity index is 1.74. The van der Waals surface area contributed by atoms with Crippen LogP contribution in [0.3, 0.4) is 0 Å². The number of aromatic nitrogens is 3. The van der Waals surface area contributed by atoms with Crippen LogP contribution in [0.4, 0.5) is 0 Å². The summed E-state index contributed by atoms with van der Waals surface area (Å²) in [5.41, 5.74) is 0.996. The molecule has 2 aromatic rings. The number of carbonyl (C=O) groups excluding carboxylic acids is 1. The molecule has 1 saturated heterocycles. The highest BCUT2D eigenvalue weighted by molar-refractivity contribution is 8.00. The van der Waals surface area contributed by atoms with Crippen molar-refractivity contribution < 1.29 is 19.0 Å². The lowest BCUT2D eigenvalue weighted by Crippen LogP contribution is -2.50. The van der Waals surface area contributed by atoms with Gasteiger partial charge in [-0.3, -0.25) is 9.69 Å². The van der Waals surface area contributed by atoms with E-state index in [1.807, 2.05) is 18.2 Å². The van der Waals surface area contributed by atoms with Crippen LogP contribution in [0.5, 0.6) is 11.5 Å². The third kappa shape index (κ3) is 3.38. The van der Waals surface area contributed by atoms with Crippen molar-refractivity contribution in [2.75, 3.05) is 27.3 Å². The summed E-state index contributed by atoms with van der Waals surface area (Å²) >= 11 is 1.46. The molecule has 3 heterocycles. The first-order chi connectivity index (χ1) is 13.5. The summed E-state index contributed by atoms with van der Waals surface area (Å²) in [5, 5.41) is 4.38. The van der Waals surface area contributed by atoms with Gasteiger partial charge in [-0.2, -0.15) is 9.78 Å². The zero-order valence-electron chi connectivity index (χ0n) is 16.4. The maximum Gasteiger partial charge on any atom is 0.264 e. The Hall–Kier alpha value is -2.10. The molecule has 0 bridgehead atoms. The fourth-order valence-electron chi connectivity index (χ4n) is 4.01. The summed E-state index contributed by atoms with van der Waals surface area (Å²) in [7, 11) is 3.23. The van der Waals surface area contributed by atoms with Crippen molar-refractivity contribution in [1.82, 2.24) is 19.7 Å². The van der Waals surface area contributed by atoms with E-state index in [1.54, 1.807) is 14.2 Å². The van der Waals surface area contributed by atoms with Crippen molar-refractivity contribution in [1.29, 1.82) is 0 Å². The minimum absolute atomic E-state index is 0.0518. The molecule has 4 unspecified atom stereocenters. The molecular formula is C19H24N4O4S. The smallest absolute Gasteiger partial charge is 0.264 e. The number of nitrogens with zero attached hydrogens (tertiary/aromatic N) is 4. The topological polar surface area (TPSA) is 78.7 Å². The van der Waals surface area contributed by atoms with Gasteiger partial charge in [-0.25, -0.2) is 4.98 Å². The van der Waals surface area contributed by atoms with E-state index in [1.165, 1.54) is 22.8 Å². The highest BCUT2D eigenvalue weighted by atomic mass is 32.2. The largest absolute Gasteiger partial charge is 0.493 e. The van der Waals surface area contributed by atoms with Crippen molar-refractivity contribution in [3.8, 4) is 11.5 Å². The highest BCUT2D eigenvalue weighted by Gasteiger charge is 2.44. The zero-order valence-corrected chi connectivity index (χ0v) is 17.2. The number of morpholine rings is 1. The van der Waals surface area contributed by atoms with Gasteiger partial charge in [0.15, 0.2) is 16.7 Å². The first-order valence-corrected chi connectivity index (χ1v) is 10.1. The van der Waals surface area contributed by atoms with Gasteiger partial charge in [-0.1, -0.05) is 17.8 Å². The SMILES string of the molecule is COc1ccc(C(C2Sc3ncnn3C2=O)N2CC(C)OC(C)C2)cc1OC. The summed E-state index contributed by atoms with van der Waals surface area (Å²) in [6.45, 7) is 5.60. The van der Waals surface area contributed by atoms with Crippen LogP contribution in [0.2, 0.25) is 0 Å². The van der Waals surface area contributed by atoms with E-state index in [-0.39, 0.29) is 29.4 Å². The van der Waals surface area contributed by atoms with Gasteiger partial charge in [0, 0.05) is 13.1 Å². The maximum absolute atomic E-state index is 13.1. The number of hydrogen-bond acceptors (Lipinski definition) is 8. The molecular weight excluding hydrogens is 380 g/mol. The first-order valence-electron chi connectivity index (χ1n) is 9.24. The molecule has 0 aliphatic carbocycles. The molecule has 4 rings (SSSR count). The minimum Gasteiger partial charge on any atom is -0.493 e. The second-order valence-electron chi connectivity index (χ2n) is 7.10. The lowest BCUT2D eigenvalue weighted by molar-refractivity contribution is -0.0804. The van der Waals surface area contributed by atoms with Gasteiger partial charge < -0.3 is 14.2 Å². The van der Waals surface area contributed by atoms with Crippen molar-refractivity contribution in [2.24, 2.45) is 0 Å². The number of ether oxygens (including phenoxy) is 3. The predicted octanol–water partition coefficient (Wildman–Crippen LogP) is 2.26. The molecule has 1 aromatic carbocycles. The summed E-state index contributed by atoms with van der Waals surface area (Å²) in [6.07, 6.45) is 1.59. The van der Waals surface area contributed by atoms with Gasteiger partial charge in [-0.05, 0) is 31.5 Å². The Morgan fingerprint density at radius 1 is 1.18 bits per heavy atom. The fourth-order valence-corrected chi connectivity index (χ4v) is 5.24. The molecule has 2 aliphatic heterocycles. The minimum atomic E-state index is -0.341. The van der Waals surface area contributed by atoms with Gasteiger partial charge >= 0.3 is 0 Å². The summed E-state index contributed by atoms with van der Waals surface area (Å²) in [5.74, 6) is 1.25. The third-order valence-corrected chi connectivity index (χ3v) is 6.28. The lowest BCUT2D eigenvalue weighted by atomic mass is 9.98. The molecule has 9 heteroatoms. The van der Waals surface area contributed by atoms with E-state index in [2.05, 4.69) is 28.8 Å².